The second-order valence-electron chi connectivity index (χ2n) is 12.1. The molecule has 4 N–H and O–H groups in total. The lowest BCUT2D eigenvalue weighted by Crippen LogP contribution is -2.56. The Balaban J connectivity index is 1.21. The van der Waals surface area contributed by atoms with E-state index in [2.05, 4.69) is 26.0 Å². The Hall–Kier alpha value is -3.47. The van der Waals surface area contributed by atoms with E-state index in [1.165, 1.54) is 55.9 Å². The largest absolute Gasteiger partial charge is 0.466 e. The van der Waals surface area contributed by atoms with Crippen LogP contribution in [0.1, 0.15) is 51.4 Å². The molecule has 2 heterocycles. The molecule has 5 aliphatic rings. The van der Waals surface area contributed by atoms with Gasteiger partial charge >= 0.3 is 5.97 Å². The predicted octanol–water partition coefficient (Wildman–Crippen LogP) is 1.33. The van der Waals surface area contributed by atoms with Gasteiger partial charge in [-0.15, -0.1) is 0 Å². The number of anilines is 1. The van der Waals surface area contributed by atoms with Crippen LogP contribution in [0, 0.1) is 29.6 Å². The molecule has 2 atom stereocenters. The van der Waals surface area contributed by atoms with Crippen molar-refractivity contribution >= 4 is 29.4 Å². The molecule has 0 aromatic carbocycles. The van der Waals surface area contributed by atoms with E-state index >= 15 is 0 Å². The van der Waals surface area contributed by atoms with Gasteiger partial charge in [-0.25, -0.2) is 4.79 Å². The van der Waals surface area contributed by atoms with Crippen molar-refractivity contribution in [2.45, 2.75) is 70.0 Å². The Bertz CT molecular complexity index is 1210. The predicted molar refractivity (Wildman–Crippen MR) is 152 cm³/mol. The summed E-state index contributed by atoms with van der Waals surface area (Å²) in [4.78, 5) is 63.6. The molecule has 11 heteroatoms. The van der Waals surface area contributed by atoms with Gasteiger partial charge in [0, 0.05) is 24.9 Å². The summed E-state index contributed by atoms with van der Waals surface area (Å²) in [6, 6.07) is 2.37. The number of carbonyl (C=O) groups excluding carboxylic acids is 4. The third-order valence-electron chi connectivity index (χ3n) is 9.29. The summed E-state index contributed by atoms with van der Waals surface area (Å²) in [5.41, 5.74) is -0.455. The van der Waals surface area contributed by atoms with Crippen LogP contribution in [0.5, 0.6) is 0 Å². The van der Waals surface area contributed by atoms with Crippen LogP contribution in [0.4, 0.5) is 5.69 Å². The van der Waals surface area contributed by atoms with E-state index in [1.54, 1.807) is 18.3 Å². The van der Waals surface area contributed by atoms with Gasteiger partial charge in [-0.3, -0.25) is 19.2 Å². The third kappa shape index (κ3) is 7.06. The van der Waals surface area contributed by atoms with Gasteiger partial charge in [0.2, 0.25) is 17.7 Å². The molecule has 41 heavy (non-hydrogen) atoms. The van der Waals surface area contributed by atoms with Crippen molar-refractivity contribution < 1.29 is 23.9 Å². The van der Waals surface area contributed by atoms with Gasteiger partial charge in [-0.1, -0.05) is 6.08 Å². The Labute approximate surface area is 239 Å². The van der Waals surface area contributed by atoms with E-state index in [0.29, 0.717) is 31.2 Å². The number of allylic oxidation sites excluding steroid dienone is 1. The fourth-order valence-electron chi connectivity index (χ4n) is 7.47. The number of hydrogen-bond acceptors (Lipinski definition) is 7. The smallest absolute Gasteiger partial charge is 0.330 e. The average molecular weight is 568 g/mol. The van der Waals surface area contributed by atoms with Crippen LogP contribution in [-0.4, -0.2) is 60.5 Å². The standard InChI is InChI=1S/C30H41N5O6/c1-41-26(37)7-3-2-5-23(32-28(38)20-8-9-31-16-20)29(39)33-24-6-4-10-35(30(24)40)17-25(36)34-27-21-12-18-11-19(14-21)15-22(27)13-18/h3-4,6-7,10,18-23,27,31H,2,5,8-9,11-17H2,1H3,(H,32,38)(H,33,39)(H,34,36)/b7-3+. The van der Waals surface area contributed by atoms with Crippen molar-refractivity contribution in [2.75, 3.05) is 25.5 Å². The van der Waals surface area contributed by atoms with Crippen molar-refractivity contribution in [3.63, 3.8) is 0 Å². The zero-order valence-electron chi connectivity index (χ0n) is 23.6. The zero-order chi connectivity index (χ0) is 28.9. The molecule has 0 radical (unpaired) electrons. The highest BCUT2D eigenvalue weighted by molar-refractivity contribution is 5.97. The van der Waals surface area contributed by atoms with E-state index in [4.69, 9.17) is 0 Å². The van der Waals surface area contributed by atoms with Crippen LogP contribution in [0.3, 0.4) is 0 Å². The van der Waals surface area contributed by atoms with Crippen LogP contribution in [0.25, 0.3) is 0 Å². The average Bonchev–Trinajstić information content (AvgIpc) is 3.49. The molecule has 4 saturated carbocycles. The van der Waals surface area contributed by atoms with E-state index in [1.807, 2.05) is 0 Å². The van der Waals surface area contributed by atoms with E-state index < -0.39 is 23.5 Å². The minimum absolute atomic E-state index is 0.0341. The number of esters is 1. The van der Waals surface area contributed by atoms with Gasteiger partial charge in [0.15, 0.2) is 0 Å². The lowest BCUT2D eigenvalue weighted by molar-refractivity contribution is -0.135. The van der Waals surface area contributed by atoms with E-state index in [-0.39, 0.29) is 42.4 Å². The van der Waals surface area contributed by atoms with Gasteiger partial charge in [0.05, 0.1) is 13.0 Å². The van der Waals surface area contributed by atoms with Crippen molar-refractivity contribution in [3.8, 4) is 0 Å². The first-order valence-electron chi connectivity index (χ1n) is 14.9. The highest BCUT2D eigenvalue weighted by atomic mass is 16.5. The first-order chi connectivity index (χ1) is 19.8. The monoisotopic (exact) mass is 567 g/mol. The molecule has 3 amide bonds. The fourth-order valence-corrected chi connectivity index (χ4v) is 7.47. The number of hydrogen-bond donors (Lipinski definition) is 4. The van der Waals surface area contributed by atoms with Gasteiger partial charge in [0.1, 0.15) is 18.3 Å². The summed E-state index contributed by atoms with van der Waals surface area (Å²) in [5, 5.41) is 11.8. The Morgan fingerprint density at radius 2 is 1.85 bits per heavy atom. The quantitative estimate of drug-likeness (QED) is 0.233. The van der Waals surface area contributed by atoms with Crippen molar-refractivity contribution in [1.82, 2.24) is 20.5 Å². The van der Waals surface area contributed by atoms with E-state index in [0.717, 1.165) is 18.4 Å². The molecular weight excluding hydrogens is 526 g/mol. The summed E-state index contributed by atoms with van der Waals surface area (Å²) in [6.45, 7) is 1.15. The molecule has 4 aliphatic carbocycles. The van der Waals surface area contributed by atoms with Crippen LogP contribution < -0.4 is 26.8 Å². The minimum atomic E-state index is -0.918. The molecule has 0 spiro atoms. The number of ether oxygens (including phenoxy) is 1. The molecule has 1 aromatic rings. The molecule has 222 valence electrons. The maximum absolute atomic E-state index is 13.3. The normalized spacial score (nSPS) is 28.8. The fraction of sp³-hybridized carbons (Fsp3) is 0.633. The summed E-state index contributed by atoms with van der Waals surface area (Å²) >= 11 is 0. The SMILES string of the molecule is COC(=O)/C=C/CCC(NC(=O)C1CCNC1)C(=O)Nc1cccn(CC(=O)NC2C3CC4CC(C3)CC2C4)c1=O. The third-order valence-corrected chi connectivity index (χ3v) is 9.29. The van der Waals surface area contributed by atoms with Crippen LogP contribution >= 0.6 is 0 Å². The number of rotatable bonds is 11. The summed E-state index contributed by atoms with van der Waals surface area (Å²) in [5.74, 6) is 0.964. The Kier molecular flexibility index (Phi) is 9.22. The number of methoxy groups -OCH3 is 1. The zero-order valence-corrected chi connectivity index (χ0v) is 23.6. The molecule has 5 fully saturated rings. The molecule has 1 saturated heterocycles. The van der Waals surface area contributed by atoms with Gasteiger partial charge < -0.3 is 30.6 Å². The second kappa shape index (κ2) is 13.0. The summed E-state index contributed by atoms with van der Waals surface area (Å²) < 4.78 is 5.89. The van der Waals surface area contributed by atoms with Gasteiger partial charge in [-0.05, 0) is 93.7 Å². The van der Waals surface area contributed by atoms with Gasteiger partial charge in [0.25, 0.3) is 5.56 Å². The highest BCUT2D eigenvalue weighted by Gasteiger charge is 2.48. The molecular formula is C30H41N5O6. The Morgan fingerprint density at radius 3 is 2.51 bits per heavy atom. The second-order valence-corrected chi connectivity index (χ2v) is 12.1. The molecule has 2 unspecified atom stereocenters. The lowest BCUT2D eigenvalue weighted by Gasteiger charge is -2.54. The number of carbonyl (C=O) groups is 4. The first-order valence-corrected chi connectivity index (χ1v) is 14.9. The number of aromatic nitrogens is 1. The highest BCUT2D eigenvalue weighted by Crippen LogP contribution is 2.53. The molecule has 4 bridgehead atoms. The van der Waals surface area contributed by atoms with E-state index in [9.17, 15) is 24.0 Å². The van der Waals surface area contributed by atoms with Gasteiger partial charge in [-0.2, -0.15) is 0 Å². The number of nitrogens with zero attached hydrogens (tertiary/aromatic N) is 1. The summed E-state index contributed by atoms with van der Waals surface area (Å²) in [7, 11) is 1.28. The maximum atomic E-state index is 13.3. The Morgan fingerprint density at radius 1 is 1.12 bits per heavy atom. The van der Waals surface area contributed by atoms with Crippen LogP contribution in [0.15, 0.2) is 35.3 Å². The lowest BCUT2D eigenvalue weighted by atomic mass is 9.54. The molecule has 1 aromatic heterocycles. The van der Waals surface area contributed by atoms with Crippen LogP contribution in [0.2, 0.25) is 0 Å². The van der Waals surface area contributed by atoms with Crippen molar-refractivity contribution in [2.24, 2.45) is 29.6 Å². The van der Waals surface area contributed by atoms with Crippen molar-refractivity contribution in [1.29, 1.82) is 0 Å². The first kappa shape index (κ1) is 29.0. The molecule has 6 rings (SSSR count). The number of pyridine rings is 1. The number of nitrogens with one attached hydrogen (secondary N) is 4. The van der Waals surface area contributed by atoms with Crippen LogP contribution in [-0.2, 0) is 30.5 Å². The minimum Gasteiger partial charge on any atom is -0.466 e. The number of amides is 3. The molecule has 11 nitrogen and oxygen atoms in total. The van der Waals surface area contributed by atoms with Crippen molar-refractivity contribution in [3.05, 3.63) is 40.8 Å². The molecule has 1 aliphatic heterocycles. The summed E-state index contributed by atoms with van der Waals surface area (Å²) in [6.07, 6.45) is 11.7. The topological polar surface area (TPSA) is 148 Å². The maximum Gasteiger partial charge on any atom is 0.330 e.